The van der Waals surface area contributed by atoms with E-state index in [0.717, 1.165) is 0 Å². The molecule has 1 aliphatic rings. The molecule has 7 heteroatoms. The molecule has 0 saturated carbocycles. The zero-order chi connectivity index (χ0) is 13.1. The number of alkyl halides is 3. The normalized spacial score (nSPS) is 20.6. The van der Waals surface area contributed by atoms with Crippen LogP contribution in [0.5, 0.6) is 0 Å². The van der Waals surface area contributed by atoms with Crippen molar-refractivity contribution < 1.29 is 18.0 Å². The summed E-state index contributed by atoms with van der Waals surface area (Å²) in [5.41, 5.74) is -1.14. The highest BCUT2D eigenvalue weighted by Crippen LogP contribution is 2.23. The van der Waals surface area contributed by atoms with Gasteiger partial charge in [0.2, 0.25) is 5.91 Å². The predicted molar refractivity (Wildman–Crippen MR) is 53.9 cm³/mol. The summed E-state index contributed by atoms with van der Waals surface area (Å²) in [6.07, 6.45) is -5.37. The molecule has 1 fully saturated rings. The molecule has 96 valence electrons. The Morgan fingerprint density at radius 3 is 2.41 bits per heavy atom. The summed E-state index contributed by atoms with van der Waals surface area (Å²) < 4.78 is 36.0. The van der Waals surface area contributed by atoms with Crippen LogP contribution in [0.25, 0.3) is 0 Å². The van der Waals surface area contributed by atoms with Gasteiger partial charge in [-0.3, -0.25) is 4.79 Å². The molecule has 0 aromatic carbocycles. The molecule has 4 nitrogen and oxygen atoms in total. The Morgan fingerprint density at radius 1 is 1.47 bits per heavy atom. The second-order valence-corrected chi connectivity index (χ2v) is 4.34. The zero-order valence-corrected chi connectivity index (χ0v) is 9.47. The Hall–Kier alpha value is -1.29. The highest BCUT2D eigenvalue weighted by atomic mass is 19.4. The van der Waals surface area contributed by atoms with Crippen molar-refractivity contribution in [3.05, 3.63) is 0 Å². The average Bonchev–Trinajstić information content (AvgIpc) is 2.19. The molecule has 0 aliphatic carbocycles. The lowest BCUT2D eigenvalue weighted by Crippen LogP contribution is -2.54. The zero-order valence-electron chi connectivity index (χ0n) is 9.47. The Morgan fingerprint density at radius 2 is 2.00 bits per heavy atom. The van der Waals surface area contributed by atoms with Crippen molar-refractivity contribution in [2.24, 2.45) is 0 Å². The average molecular weight is 249 g/mol. The van der Waals surface area contributed by atoms with Gasteiger partial charge in [-0.25, -0.2) is 0 Å². The number of amides is 1. The van der Waals surface area contributed by atoms with Gasteiger partial charge in [-0.15, -0.1) is 0 Å². The minimum atomic E-state index is -4.54. The Bertz CT molecular complexity index is 327. The van der Waals surface area contributed by atoms with E-state index in [-0.39, 0.29) is 0 Å². The van der Waals surface area contributed by atoms with Crippen LogP contribution in [0.3, 0.4) is 0 Å². The smallest absolute Gasteiger partial charge is 0.337 e. The minimum Gasteiger partial charge on any atom is -0.337 e. The number of carbonyl (C=O) groups excluding carboxylic acids is 1. The molecular weight excluding hydrogens is 235 g/mol. The lowest BCUT2D eigenvalue weighted by atomic mass is 9.89. The number of piperidine rings is 1. The molecule has 0 spiro atoms. The van der Waals surface area contributed by atoms with E-state index >= 15 is 0 Å². The van der Waals surface area contributed by atoms with Gasteiger partial charge in [0.1, 0.15) is 12.0 Å². The first-order valence-corrected chi connectivity index (χ1v) is 5.24. The van der Waals surface area contributed by atoms with Crippen LogP contribution in [0.15, 0.2) is 0 Å². The van der Waals surface area contributed by atoms with Gasteiger partial charge in [0.05, 0.1) is 6.07 Å². The second-order valence-electron chi connectivity index (χ2n) is 4.34. The maximum absolute atomic E-state index is 12.0. The molecule has 0 bridgehead atoms. The number of nitrogens with zero attached hydrogens (tertiary/aromatic N) is 2. The number of halogens is 3. The van der Waals surface area contributed by atoms with E-state index in [9.17, 15) is 18.0 Å². The van der Waals surface area contributed by atoms with Crippen molar-refractivity contribution >= 4 is 5.91 Å². The quantitative estimate of drug-likeness (QED) is 0.795. The topological polar surface area (TPSA) is 56.1 Å². The fourth-order valence-corrected chi connectivity index (χ4v) is 1.76. The van der Waals surface area contributed by atoms with Gasteiger partial charge in [0.15, 0.2) is 0 Å². The number of rotatable bonds is 2. The van der Waals surface area contributed by atoms with Crippen molar-refractivity contribution in [2.45, 2.75) is 31.0 Å². The van der Waals surface area contributed by atoms with Gasteiger partial charge in [-0.05, 0) is 19.9 Å². The van der Waals surface area contributed by atoms with Crippen molar-refractivity contribution in [3.8, 4) is 6.07 Å². The van der Waals surface area contributed by atoms with Crippen molar-refractivity contribution in [1.82, 2.24) is 10.2 Å². The van der Waals surface area contributed by atoms with Crippen molar-refractivity contribution in [3.63, 3.8) is 0 Å². The van der Waals surface area contributed by atoms with Crippen molar-refractivity contribution in [2.75, 3.05) is 20.1 Å². The predicted octanol–water partition coefficient (Wildman–Crippen LogP) is 1.04. The molecule has 1 N–H and O–H groups in total. The third kappa shape index (κ3) is 4.23. The monoisotopic (exact) mass is 249 g/mol. The van der Waals surface area contributed by atoms with Gasteiger partial charge < -0.3 is 10.2 Å². The molecule has 1 heterocycles. The van der Waals surface area contributed by atoms with Crippen LogP contribution >= 0.6 is 0 Å². The van der Waals surface area contributed by atoms with Gasteiger partial charge in [-0.2, -0.15) is 18.4 Å². The lowest BCUT2D eigenvalue weighted by Gasteiger charge is -2.36. The molecule has 1 aliphatic heterocycles. The summed E-state index contributed by atoms with van der Waals surface area (Å²) in [6, 6.07) is 1.93. The fraction of sp³-hybridized carbons (Fsp3) is 0.800. The summed E-state index contributed by atoms with van der Waals surface area (Å²) in [7, 11) is 1.86. The van der Waals surface area contributed by atoms with Gasteiger partial charge in [0.25, 0.3) is 0 Å². The number of hydrogen-bond acceptors (Lipinski definition) is 3. The molecule has 0 unspecified atom stereocenters. The van der Waals surface area contributed by atoms with E-state index in [2.05, 4.69) is 5.32 Å². The molecule has 1 rings (SSSR count). The molecule has 0 aromatic rings. The summed E-state index contributed by atoms with van der Waals surface area (Å²) >= 11 is 0. The third-order valence-corrected chi connectivity index (χ3v) is 2.79. The van der Waals surface area contributed by atoms with Crippen molar-refractivity contribution in [1.29, 1.82) is 5.26 Å². The van der Waals surface area contributed by atoms with E-state index in [1.54, 1.807) is 0 Å². The SMILES string of the molecule is CN1CCC(C#N)(NC(=O)CC(F)(F)F)CC1. The largest absolute Gasteiger partial charge is 0.397 e. The number of hydrogen-bond donors (Lipinski definition) is 1. The first kappa shape index (κ1) is 13.8. The Kier molecular flexibility index (Phi) is 3.98. The van der Waals surface area contributed by atoms with E-state index < -0.39 is 24.0 Å². The maximum atomic E-state index is 12.0. The Labute approximate surface area is 97.4 Å². The van der Waals surface area contributed by atoms with E-state index in [0.29, 0.717) is 25.9 Å². The van der Waals surface area contributed by atoms with Crippen LogP contribution in [-0.4, -0.2) is 42.7 Å². The lowest BCUT2D eigenvalue weighted by molar-refractivity contribution is -0.154. The number of nitriles is 1. The van der Waals surface area contributed by atoms with E-state index in [1.807, 2.05) is 18.0 Å². The first-order valence-electron chi connectivity index (χ1n) is 5.24. The summed E-state index contributed by atoms with van der Waals surface area (Å²) in [6.45, 7) is 1.17. The summed E-state index contributed by atoms with van der Waals surface area (Å²) in [5.74, 6) is -1.14. The molecular formula is C10H14F3N3O. The number of nitrogens with one attached hydrogen (secondary N) is 1. The number of carbonyl (C=O) groups is 1. The van der Waals surface area contributed by atoms with Gasteiger partial charge in [-0.1, -0.05) is 0 Å². The van der Waals surface area contributed by atoms with Crippen LogP contribution in [0, 0.1) is 11.3 Å². The van der Waals surface area contributed by atoms with Crippen LogP contribution in [0.1, 0.15) is 19.3 Å². The highest BCUT2D eigenvalue weighted by Gasteiger charge is 2.38. The maximum Gasteiger partial charge on any atom is 0.397 e. The van der Waals surface area contributed by atoms with Crippen LogP contribution in [0.2, 0.25) is 0 Å². The molecule has 0 atom stereocenters. The van der Waals surface area contributed by atoms with Crippen LogP contribution in [-0.2, 0) is 4.79 Å². The third-order valence-electron chi connectivity index (χ3n) is 2.79. The van der Waals surface area contributed by atoms with Crippen LogP contribution in [0.4, 0.5) is 13.2 Å². The van der Waals surface area contributed by atoms with Crippen LogP contribution < -0.4 is 5.32 Å². The van der Waals surface area contributed by atoms with Gasteiger partial charge in [0, 0.05) is 13.1 Å². The van der Waals surface area contributed by atoms with Gasteiger partial charge >= 0.3 is 6.18 Å². The standard InChI is InChI=1S/C10H14F3N3O/c1-16-4-2-9(7-14,3-5-16)15-8(17)6-10(11,12)13/h2-6H2,1H3,(H,15,17). The molecule has 0 aromatic heterocycles. The first-order chi connectivity index (χ1) is 7.76. The van der Waals surface area contributed by atoms with E-state index in [1.165, 1.54) is 0 Å². The second kappa shape index (κ2) is 4.92. The highest BCUT2D eigenvalue weighted by molar-refractivity contribution is 5.78. The van der Waals surface area contributed by atoms with E-state index in [4.69, 9.17) is 5.26 Å². The number of likely N-dealkylation sites (tertiary alicyclic amines) is 1. The summed E-state index contributed by atoms with van der Waals surface area (Å²) in [5, 5.41) is 11.2. The molecule has 0 radical (unpaired) electrons. The molecule has 1 amide bonds. The fourth-order valence-electron chi connectivity index (χ4n) is 1.76. The Balaban J connectivity index is 2.59. The molecule has 1 saturated heterocycles. The molecule has 17 heavy (non-hydrogen) atoms. The minimum absolute atomic E-state index is 0.351. The summed E-state index contributed by atoms with van der Waals surface area (Å²) in [4.78, 5) is 13.1.